The van der Waals surface area contributed by atoms with E-state index in [0.29, 0.717) is 11.9 Å². The fourth-order valence-corrected chi connectivity index (χ4v) is 8.03. The molecule has 0 unspecified atom stereocenters. The zero-order valence-corrected chi connectivity index (χ0v) is 21.6. The molecule has 0 radical (unpaired) electrons. The van der Waals surface area contributed by atoms with Crippen LogP contribution in [0.25, 0.3) is 20.4 Å². The highest BCUT2D eigenvalue weighted by Crippen LogP contribution is 2.41. The molecule has 1 atom stereocenters. The van der Waals surface area contributed by atoms with Crippen LogP contribution in [0.1, 0.15) is 36.1 Å². The highest BCUT2D eigenvalue weighted by Gasteiger charge is 2.39. The number of aromatic amines is 1. The molecule has 2 saturated heterocycles. The molecule has 8 nitrogen and oxygen atoms in total. The number of anilines is 2. The maximum atomic E-state index is 13.3. The van der Waals surface area contributed by atoms with Crippen LogP contribution in [0.4, 0.5) is 11.5 Å². The number of thiazole rings is 1. The van der Waals surface area contributed by atoms with Gasteiger partial charge < -0.3 is 15.2 Å². The van der Waals surface area contributed by atoms with Gasteiger partial charge in [-0.05, 0) is 69.0 Å². The second-order valence-electron chi connectivity index (χ2n) is 10.2. The van der Waals surface area contributed by atoms with Crippen molar-refractivity contribution < 1.29 is 4.79 Å². The number of piperidine rings is 1. The highest BCUT2D eigenvalue weighted by atomic mass is 32.1. The molecule has 3 aliphatic rings. The molecule has 36 heavy (non-hydrogen) atoms. The van der Waals surface area contributed by atoms with Gasteiger partial charge in [-0.1, -0.05) is 17.8 Å². The van der Waals surface area contributed by atoms with Gasteiger partial charge in [-0.25, -0.2) is 9.97 Å². The van der Waals surface area contributed by atoms with Crippen molar-refractivity contribution in [1.29, 1.82) is 0 Å². The minimum absolute atomic E-state index is 0.0529. The molecule has 4 aromatic rings. The summed E-state index contributed by atoms with van der Waals surface area (Å²) in [6.07, 6.45) is 8.08. The third-order valence-electron chi connectivity index (χ3n) is 7.96. The quantitative estimate of drug-likeness (QED) is 0.420. The number of nitrogens with zero attached hydrogens (tertiary/aromatic N) is 4. The van der Waals surface area contributed by atoms with Crippen LogP contribution in [-0.4, -0.2) is 62.9 Å². The Morgan fingerprint density at radius 3 is 2.83 bits per heavy atom. The summed E-state index contributed by atoms with van der Waals surface area (Å²) in [5, 5.41) is 4.53. The van der Waals surface area contributed by atoms with E-state index in [1.807, 2.05) is 18.2 Å². The largest absolute Gasteiger partial charge is 0.340 e. The fourth-order valence-electron chi connectivity index (χ4n) is 5.98. The lowest BCUT2D eigenvalue weighted by atomic mass is 9.86. The van der Waals surface area contributed by atoms with E-state index >= 15 is 0 Å². The summed E-state index contributed by atoms with van der Waals surface area (Å²) in [6, 6.07) is 6.41. The van der Waals surface area contributed by atoms with E-state index < -0.39 is 0 Å². The minimum Gasteiger partial charge on any atom is -0.340 e. The number of thiophene rings is 1. The minimum atomic E-state index is -0.0529. The van der Waals surface area contributed by atoms with Gasteiger partial charge >= 0.3 is 4.87 Å². The van der Waals surface area contributed by atoms with Crippen LogP contribution in [0.3, 0.4) is 0 Å². The van der Waals surface area contributed by atoms with Crippen molar-refractivity contribution in [3.63, 3.8) is 0 Å². The number of aryl methyl sites for hydroxylation is 1. The number of hydrogen-bond donors (Lipinski definition) is 2. The first-order chi connectivity index (χ1) is 17.6. The summed E-state index contributed by atoms with van der Waals surface area (Å²) < 4.78 is 0.914. The predicted octanol–water partition coefficient (Wildman–Crippen LogP) is 4.14. The fraction of sp³-hybridized carbons (Fsp3) is 0.462. The van der Waals surface area contributed by atoms with Crippen LogP contribution in [0.2, 0.25) is 0 Å². The molecule has 1 amide bonds. The van der Waals surface area contributed by atoms with Crippen LogP contribution in [0, 0.1) is 5.92 Å². The Morgan fingerprint density at radius 1 is 1.11 bits per heavy atom. The molecule has 3 aromatic heterocycles. The molecule has 2 fully saturated rings. The maximum Gasteiger partial charge on any atom is 0.305 e. The number of amides is 1. The summed E-state index contributed by atoms with van der Waals surface area (Å²) in [6.45, 7) is 4.18. The molecule has 0 saturated carbocycles. The second-order valence-corrected chi connectivity index (χ2v) is 12.3. The van der Waals surface area contributed by atoms with E-state index in [9.17, 15) is 9.59 Å². The van der Waals surface area contributed by atoms with Gasteiger partial charge in [-0.2, -0.15) is 0 Å². The second kappa shape index (κ2) is 8.93. The molecule has 1 aliphatic carbocycles. The lowest BCUT2D eigenvalue weighted by Crippen LogP contribution is -2.63. The van der Waals surface area contributed by atoms with Crippen molar-refractivity contribution in [3.8, 4) is 0 Å². The number of carbonyl (C=O) groups excluding carboxylic acids is 1. The van der Waals surface area contributed by atoms with Gasteiger partial charge in [0.25, 0.3) is 0 Å². The van der Waals surface area contributed by atoms with Crippen LogP contribution >= 0.6 is 22.7 Å². The normalized spacial score (nSPS) is 21.0. The number of benzene rings is 1. The van der Waals surface area contributed by atoms with Crippen molar-refractivity contribution in [2.24, 2.45) is 5.92 Å². The summed E-state index contributed by atoms with van der Waals surface area (Å²) in [5.74, 6) is 1.18. The van der Waals surface area contributed by atoms with Crippen LogP contribution in [0.5, 0.6) is 0 Å². The summed E-state index contributed by atoms with van der Waals surface area (Å²) >= 11 is 2.90. The molecule has 10 heteroatoms. The smallest absolute Gasteiger partial charge is 0.305 e. The number of fused-ring (bicyclic) bond motifs is 4. The molecule has 2 N–H and O–H groups in total. The van der Waals surface area contributed by atoms with E-state index in [1.165, 1.54) is 54.1 Å². The molecule has 0 bridgehead atoms. The number of hydrogen-bond acceptors (Lipinski definition) is 8. The van der Waals surface area contributed by atoms with Gasteiger partial charge in [0.05, 0.1) is 15.6 Å². The molecular weight excluding hydrogens is 492 g/mol. The van der Waals surface area contributed by atoms with E-state index in [4.69, 9.17) is 0 Å². The maximum absolute atomic E-state index is 13.3. The number of carbonyl (C=O) groups is 1. The molecule has 186 valence electrons. The van der Waals surface area contributed by atoms with Crippen molar-refractivity contribution >= 4 is 60.5 Å². The van der Waals surface area contributed by atoms with Crippen LogP contribution < -0.4 is 10.2 Å². The number of nitrogens with one attached hydrogen (secondary N) is 2. The average molecular weight is 521 g/mol. The van der Waals surface area contributed by atoms with E-state index in [2.05, 4.69) is 30.1 Å². The summed E-state index contributed by atoms with van der Waals surface area (Å²) in [4.78, 5) is 43.8. The number of rotatable bonds is 4. The number of aromatic nitrogens is 3. The Labute approximate surface area is 216 Å². The Bertz CT molecular complexity index is 1510. The first-order valence-corrected chi connectivity index (χ1v) is 14.4. The van der Waals surface area contributed by atoms with Crippen LogP contribution in [0.15, 0.2) is 29.3 Å². The molecule has 0 spiro atoms. The van der Waals surface area contributed by atoms with E-state index in [0.717, 1.165) is 64.3 Å². The molecule has 1 aromatic carbocycles. The molecule has 5 heterocycles. The van der Waals surface area contributed by atoms with Gasteiger partial charge in [-0.15, -0.1) is 11.3 Å². The number of likely N-dealkylation sites (tertiary alicyclic amines) is 2. The number of H-pyrrole nitrogens is 1. The zero-order valence-electron chi connectivity index (χ0n) is 20.0. The average Bonchev–Trinajstić information content (AvgIpc) is 3.42. The molecule has 7 rings (SSSR count). The van der Waals surface area contributed by atoms with Crippen molar-refractivity contribution in [1.82, 2.24) is 24.8 Å². The lowest BCUT2D eigenvalue weighted by molar-refractivity contribution is -0.143. The van der Waals surface area contributed by atoms with Gasteiger partial charge in [-0.3, -0.25) is 14.5 Å². The Kier molecular flexibility index (Phi) is 5.55. The van der Waals surface area contributed by atoms with Crippen molar-refractivity contribution in [2.45, 2.75) is 44.6 Å². The zero-order chi connectivity index (χ0) is 24.2. The predicted molar refractivity (Wildman–Crippen MR) is 144 cm³/mol. The summed E-state index contributed by atoms with van der Waals surface area (Å²) in [7, 11) is 0. The first-order valence-electron chi connectivity index (χ1n) is 12.8. The molecule has 2 aliphatic heterocycles. The van der Waals surface area contributed by atoms with E-state index in [-0.39, 0.29) is 10.8 Å². The Morgan fingerprint density at radius 2 is 1.97 bits per heavy atom. The summed E-state index contributed by atoms with van der Waals surface area (Å²) in [5.41, 5.74) is 3.02. The Hall–Kier alpha value is -2.82. The Balaban J connectivity index is 1.09. The van der Waals surface area contributed by atoms with Gasteiger partial charge in [0.15, 0.2) is 0 Å². The highest BCUT2D eigenvalue weighted by molar-refractivity contribution is 7.19. The van der Waals surface area contributed by atoms with Gasteiger partial charge in [0.1, 0.15) is 17.0 Å². The third-order valence-corrected chi connectivity index (χ3v) is 9.97. The first kappa shape index (κ1) is 22.4. The van der Waals surface area contributed by atoms with Gasteiger partial charge in [0, 0.05) is 35.6 Å². The van der Waals surface area contributed by atoms with E-state index in [1.54, 1.807) is 17.7 Å². The third kappa shape index (κ3) is 3.91. The monoisotopic (exact) mass is 520 g/mol. The lowest BCUT2D eigenvalue weighted by Gasteiger charge is -2.47. The van der Waals surface area contributed by atoms with Crippen LogP contribution in [-0.2, 0) is 17.6 Å². The molecular formula is C26H28N6O2S2. The van der Waals surface area contributed by atoms with Crippen molar-refractivity contribution in [2.75, 3.05) is 31.5 Å². The SMILES string of the molecule is O=C([C@@H]1CCc2c(sc3ncnc(Nc4ccc5[nH]c(=O)sc5c4)c23)C1)N1CC(N2CCCCC2)C1. The van der Waals surface area contributed by atoms with Crippen molar-refractivity contribution in [3.05, 3.63) is 44.6 Å². The van der Waals surface area contributed by atoms with Gasteiger partial charge in [0.2, 0.25) is 5.91 Å². The topological polar surface area (TPSA) is 94.2 Å². The standard InChI is InChI=1S/C26H28N6O2S2/c33-25(32-12-17(13-32)31-8-2-1-3-9-31)15-4-6-18-20(10-15)35-24-22(18)23(27-14-28-24)29-16-5-7-19-21(11-16)36-26(34)30-19/h5,7,11,14-15,17H,1-4,6,8-10,12-13H2,(H,30,34)(H,27,28,29)/t15-/m1/s1.